The fraction of sp³-hybridized carbons (Fsp3) is 0.571. The molecule has 2 aromatic rings. The molecule has 5 heteroatoms. The minimum Gasteiger partial charge on any atom is -0.368 e. The minimum absolute atomic E-state index is 0.339. The maximum Gasteiger partial charge on any atom is 0.138 e. The number of hydrogen-bond acceptors (Lipinski definition) is 5. The maximum absolute atomic E-state index is 4.37. The number of rotatable bonds is 3. The van der Waals surface area contributed by atoms with E-state index >= 15 is 0 Å². The zero-order valence-electron chi connectivity index (χ0n) is 11.4. The number of nitrogens with one attached hydrogen (secondary N) is 2. The van der Waals surface area contributed by atoms with Crippen LogP contribution in [0.5, 0.6) is 0 Å². The highest BCUT2D eigenvalue weighted by Crippen LogP contribution is 2.30. The molecule has 3 rings (SSSR count). The predicted molar refractivity (Wildman–Crippen MR) is 80.7 cm³/mol. The van der Waals surface area contributed by atoms with Crippen LogP contribution < -0.4 is 10.6 Å². The smallest absolute Gasteiger partial charge is 0.138 e. The van der Waals surface area contributed by atoms with Crippen LogP contribution in [0.2, 0.25) is 0 Å². The molecule has 1 aliphatic rings. The van der Waals surface area contributed by atoms with Crippen LogP contribution >= 0.6 is 11.3 Å². The van der Waals surface area contributed by atoms with E-state index < -0.39 is 0 Å². The van der Waals surface area contributed by atoms with Crippen molar-refractivity contribution < 1.29 is 0 Å². The van der Waals surface area contributed by atoms with Gasteiger partial charge in [-0.2, -0.15) is 0 Å². The van der Waals surface area contributed by atoms with Crippen LogP contribution in [-0.4, -0.2) is 29.1 Å². The second-order valence-corrected chi connectivity index (χ2v) is 6.74. The van der Waals surface area contributed by atoms with Crippen LogP contribution in [0.3, 0.4) is 0 Å². The summed E-state index contributed by atoms with van der Waals surface area (Å²) in [5.74, 6) is 0.953. The van der Waals surface area contributed by atoms with Crippen LogP contribution in [0, 0.1) is 5.41 Å². The zero-order valence-corrected chi connectivity index (χ0v) is 12.3. The molecule has 1 aliphatic heterocycles. The molecule has 2 N–H and O–H groups in total. The first kappa shape index (κ1) is 12.8. The zero-order chi connectivity index (χ0) is 13.3. The van der Waals surface area contributed by atoms with Crippen LogP contribution in [0.15, 0.2) is 17.8 Å². The van der Waals surface area contributed by atoms with Crippen molar-refractivity contribution in [1.29, 1.82) is 0 Å². The number of hydrogen-bond donors (Lipinski definition) is 2. The molecule has 102 valence electrons. The van der Waals surface area contributed by atoms with Gasteiger partial charge in [-0.15, -0.1) is 11.3 Å². The number of anilines is 1. The quantitative estimate of drug-likeness (QED) is 0.905. The summed E-state index contributed by atoms with van der Waals surface area (Å²) in [6, 6.07) is 2.58. The fourth-order valence-electron chi connectivity index (χ4n) is 2.75. The molecule has 0 spiro atoms. The molecule has 1 saturated heterocycles. The van der Waals surface area contributed by atoms with E-state index in [9.17, 15) is 0 Å². The first-order valence-electron chi connectivity index (χ1n) is 6.82. The lowest BCUT2D eigenvalue weighted by atomic mass is 9.77. The number of fused-ring (bicyclic) bond motifs is 1. The van der Waals surface area contributed by atoms with Crippen LogP contribution in [0.25, 0.3) is 10.2 Å². The summed E-state index contributed by atoms with van der Waals surface area (Å²) < 4.78 is 0. The van der Waals surface area contributed by atoms with E-state index in [1.165, 1.54) is 12.8 Å². The molecule has 0 aliphatic carbocycles. The van der Waals surface area contributed by atoms with E-state index in [0.717, 1.165) is 29.1 Å². The van der Waals surface area contributed by atoms with E-state index in [0.29, 0.717) is 11.5 Å². The van der Waals surface area contributed by atoms with E-state index in [1.807, 2.05) is 0 Å². The topological polar surface area (TPSA) is 49.8 Å². The summed E-state index contributed by atoms with van der Waals surface area (Å²) in [6.45, 7) is 6.71. The fourth-order valence-corrected chi connectivity index (χ4v) is 3.48. The minimum atomic E-state index is 0.339. The van der Waals surface area contributed by atoms with Gasteiger partial charge in [-0.3, -0.25) is 0 Å². The van der Waals surface area contributed by atoms with E-state index in [-0.39, 0.29) is 0 Å². The van der Waals surface area contributed by atoms with Crippen LogP contribution in [-0.2, 0) is 0 Å². The molecule has 4 nitrogen and oxygen atoms in total. The Bertz CT molecular complexity index is 563. The van der Waals surface area contributed by atoms with Crippen LogP contribution in [0.4, 0.5) is 5.82 Å². The van der Waals surface area contributed by atoms with Gasteiger partial charge in [0.25, 0.3) is 0 Å². The SMILES string of the molecule is CC1(C)CCCNC1CNc1ncnc2sccc12. The van der Waals surface area contributed by atoms with Crippen LogP contribution in [0.1, 0.15) is 26.7 Å². The summed E-state index contributed by atoms with van der Waals surface area (Å²) in [5.41, 5.74) is 0.339. The predicted octanol–water partition coefficient (Wildman–Crippen LogP) is 2.88. The lowest BCUT2D eigenvalue weighted by Gasteiger charge is -2.39. The Morgan fingerprint density at radius 1 is 1.47 bits per heavy atom. The molecule has 0 amide bonds. The van der Waals surface area contributed by atoms with E-state index in [4.69, 9.17) is 0 Å². The average Bonchev–Trinajstić information content (AvgIpc) is 2.86. The van der Waals surface area contributed by atoms with E-state index in [1.54, 1.807) is 17.7 Å². The van der Waals surface area contributed by atoms with Gasteiger partial charge in [-0.1, -0.05) is 13.8 Å². The van der Waals surface area contributed by atoms with Gasteiger partial charge >= 0.3 is 0 Å². The molecule has 0 bridgehead atoms. The standard InChI is InChI=1S/C14H20N4S/c1-14(2)5-3-6-15-11(14)8-16-12-10-4-7-19-13(10)18-9-17-12/h4,7,9,11,15H,3,5-6,8H2,1-2H3,(H,16,17,18). The van der Waals surface area contributed by atoms with Gasteiger partial charge in [0.1, 0.15) is 17.0 Å². The molecule has 19 heavy (non-hydrogen) atoms. The number of aromatic nitrogens is 2. The summed E-state index contributed by atoms with van der Waals surface area (Å²) in [5, 5.41) is 10.3. The summed E-state index contributed by atoms with van der Waals surface area (Å²) >= 11 is 1.66. The highest BCUT2D eigenvalue weighted by molar-refractivity contribution is 7.16. The highest BCUT2D eigenvalue weighted by Gasteiger charge is 2.31. The normalized spacial score (nSPS) is 22.5. The lowest BCUT2D eigenvalue weighted by Crippen LogP contribution is -2.50. The van der Waals surface area contributed by atoms with Crippen molar-refractivity contribution in [3.8, 4) is 0 Å². The van der Waals surface area contributed by atoms with Gasteiger partial charge in [0, 0.05) is 12.6 Å². The molecule has 1 fully saturated rings. The molecule has 2 aromatic heterocycles. The second-order valence-electron chi connectivity index (χ2n) is 5.84. The average molecular weight is 276 g/mol. The third-order valence-electron chi connectivity index (χ3n) is 4.07. The van der Waals surface area contributed by atoms with Gasteiger partial charge in [-0.25, -0.2) is 9.97 Å². The van der Waals surface area contributed by atoms with Gasteiger partial charge < -0.3 is 10.6 Å². The molecule has 3 heterocycles. The molecule has 1 atom stereocenters. The summed E-state index contributed by atoms with van der Waals surface area (Å²) in [6.07, 6.45) is 4.19. The summed E-state index contributed by atoms with van der Waals surface area (Å²) in [7, 11) is 0. The van der Waals surface area contributed by atoms with Crippen molar-refractivity contribution in [2.75, 3.05) is 18.4 Å². The maximum atomic E-state index is 4.37. The first-order valence-corrected chi connectivity index (χ1v) is 7.70. The van der Waals surface area contributed by atoms with E-state index in [2.05, 4.69) is 45.9 Å². The van der Waals surface area contributed by atoms with Gasteiger partial charge in [-0.05, 0) is 36.2 Å². The Hall–Kier alpha value is -1.20. The lowest BCUT2D eigenvalue weighted by molar-refractivity contribution is 0.188. The summed E-state index contributed by atoms with van der Waals surface area (Å²) in [4.78, 5) is 9.69. The van der Waals surface area contributed by atoms with Crippen molar-refractivity contribution in [1.82, 2.24) is 15.3 Å². The molecular weight excluding hydrogens is 256 g/mol. The monoisotopic (exact) mass is 276 g/mol. The third-order valence-corrected chi connectivity index (χ3v) is 4.89. The molecule has 0 aromatic carbocycles. The Morgan fingerprint density at radius 3 is 3.21 bits per heavy atom. The van der Waals surface area contributed by atoms with Gasteiger partial charge in [0.2, 0.25) is 0 Å². The van der Waals surface area contributed by atoms with Crippen molar-refractivity contribution in [3.05, 3.63) is 17.8 Å². The van der Waals surface area contributed by atoms with Crippen molar-refractivity contribution in [2.24, 2.45) is 5.41 Å². The highest BCUT2D eigenvalue weighted by atomic mass is 32.1. The van der Waals surface area contributed by atoms with Gasteiger partial charge in [0.05, 0.1) is 5.39 Å². The molecule has 0 radical (unpaired) electrons. The number of nitrogens with zero attached hydrogens (tertiary/aromatic N) is 2. The second kappa shape index (κ2) is 5.06. The Labute approximate surface area is 117 Å². The molecule has 1 unspecified atom stereocenters. The molecule has 0 saturated carbocycles. The first-order chi connectivity index (χ1) is 9.17. The molecular formula is C14H20N4S. The van der Waals surface area contributed by atoms with Crippen molar-refractivity contribution in [3.63, 3.8) is 0 Å². The number of thiophene rings is 1. The third kappa shape index (κ3) is 2.58. The largest absolute Gasteiger partial charge is 0.368 e. The van der Waals surface area contributed by atoms with Gasteiger partial charge in [0.15, 0.2) is 0 Å². The van der Waals surface area contributed by atoms with Crippen molar-refractivity contribution >= 4 is 27.4 Å². The van der Waals surface area contributed by atoms with Crippen molar-refractivity contribution in [2.45, 2.75) is 32.7 Å². The Kier molecular flexibility index (Phi) is 3.41. The Balaban J connectivity index is 1.73. The number of piperidine rings is 1. The Morgan fingerprint density at radius 2 is 2.37 bits per heavy atom.